The Morgan fingerprint density at radius 3 is 0.901 bits per heavy atom. The fraction of sp³-hybridized carbons (Fsp3) is 0.148. The third kappa shape index (κ3) is 16.4. The van der Waals surface area contributed by atoms with Gasteiger partial charge in [0.2, 0.25) is 0 Å². The van der Waals surface area contributed by atoms with Crippen molar-refractivity contribution in [2.24, 2.45) is 0 Å². The molecule has 2 nitrogen and oxygen atoms in total. The molecule has 0 aliphatic heterocycles. The molecule has 0 unspecified atom stereocenters. The van der Waals surface area contributed by atoms with E-state index in [1.165, 1.54) is 58.1 Å². The molecule has 17 heteroatoms. The molecule has 0 spiro atoms. The molecule has 8 aromatic rings. The van der Waals surface area contributed by atoms with Gasteiger partial charge in [-0.1, -0.05) is 145 Å². The van der Waals surface area contributed by atoms with Crippen LogP contribution < -0.4 is 21.2 Å². The molecule has 0 bridgehead atoms. The quantitative estimate of drug-likeness (QED) is 0.0818. The maximum Gasteiger partial charge on any atom is 0.399 e. The van der Waals surface area contributed by atoms with Gasteiger partial charge in [-0.3, -0.25) is 0 Å². The summed E-state index contributed by atoms with van der Waals surface area (Å²) in [7, 11) is -0.696. The SMILES string of the molecule is Cc1ccnc(-c2[c-]c(C(F)(F)F)cc(C(F)(F)F)c2)c1.Cc1ccnc(-c2[c-]c(C(F)(F)F)cc(C(F)(F)F)c2)c1.[Ir].c1ccc(P(CCP(c2ccccc2)c2ccccc2)c2ccccc2)cc1. The van der Waals surface area contributed by atoms with E-state index < -0.39 is 47.0 Å². The average Bonchev–Trinajstić information content (AvgIpc) is 3.33. The Bertz CT molecular complexity index is 2570. The third-order valence-electron chi connectivity index (χ3n) is 10.2. The van der Waals surface area contributed by atoms with Gasteiger partial charge in [-0.25, -0.2) is 0 Å². The third-order valence-corrected chi connectivity index (χ3v) is 15.6. The number of alkyl halides is 12. The fourth-order valence-corrected chi connectivity index (χ4v) is 12.2. The van der Waals surface area contributed by atoms with Gasteiger partial charge in [0.1, 0.15) is 0 Å². The van der Waals surface area contributed by atoms with Gasteiger partial charge in [0.15, 0.2) is 0 Å². The summed E-state index contributed by atoms with van der Waals surface area (Å²) >= 11 is 0. The van der Waals surface area contributed by atoms with E-state index in [1.807, 2.05) is 12.1 Å². The zero-order chi connectivity index (χ0) is 50.7. The Labute approximate surface area is 419 Å². The van der Waals surface area contributed by atoms with Crippen molar-refractivity contribution in [1.82, 2.24) is 9.97 Å². The summed E-state index contributed by atoms with van der Waals surface area (Å²) < 4.78 is 153. The topological polar surface area (TPSA) is 25.8 Å². The van der Waals surface area contributed by atoms with Gasteiger partial charge < -0.3 is 9.97 Å². The standard InChI is InChI=1S/C26H24P2.2C14H8F6N.Ir/c1-5-13-23(14-6-1)27(24-15-7-2-8-16-24)21-22-28(25-17-9-3-10-18-25)26-19-11-4-12-20-26;2*1-8-2-3-21-12(4-8)9-5-10(13(15,16)17)7-11(6-9)14(18,19)20;/h1-20H,21-22H2;2*2-5,7H,1H3;/q;2*-1;. The number of aromatic nitrogens is 2. The summed E-state index contributed by atoms with van der Waals surface area (Å²) in [4.78, 5) is 7.58. The number of pyridine rings is 2. The second kappa shape index (κ2) is 24.6. The van der Waals surface area contributed by atoms with E-state index in [-0.39, 0.29) is 70.6 Å². The normalized spacial score (nSPS) is 11.8. The summed E-state index contributed by atoms with van der Waals surface area (Å²) in [5.74, 6) is 0. The first-order chi connectivity index (χ1) is 33.1. The summed E-state index contributed by atoms with van der Waals surface area (Å²) in [6, 6.07) is 55.4. The van der Waals surface area contributed by atoms with E-state index >= 15 is 0 Å². The Morgan fingerprint density at radius 1 is 0.380 bits per heavy atom. The van der Waals surface area contributed by atoms with Gasteiger partial charge >= 0.3 is 24.7 Å². The number of hydrogen-bond donors (Lipinski definition) is 0. The first kappa shape index (κ1) is 56.2. The van der Waals surface area contributed by atoms with E-state index in [9.17, 15) is 52.7 Å². The Hall–Kier alpha value is -5.71. The predicted molar refractivity (Wildman–Crippen MR) is 254 cm³/mol. The van der Waals surface area contributed by atoms with Crippen molar-refractivity contribution >= 4 is 37.1 Å². The van der Waals surface area contributed by atoms with Crippen LogP contribution in [-0.4, -0.2) is 22.3 Å². The zero-order valence-corrected chi connectivity index (χ0v) is 41.6. The van der Waals surface area contributed by atoms with E-state index in [1.54, 1.807) is 26.0 Å². The monoisotopic (exact) mass is 1200 g/mol. The molecule has 2 heterocycles. The minimum atomic E-state index is -4.92. The van der Waals surface area contributed by atoms with Crippen LogP contribution in [0.2, 0.25) is 0 Å². The number of benzene rings is 6. The molecule has 0 amide bonds. The van der Waals surface area contributed by atoms with Crippen molar-refractivity contribution in [3.63, 3.8) is 0 Å². The van der Waals surface area contributed by atoms with E-state index in [2.05, 4.69) is 131 Å². The maximum atomic E-state index is 12.7. The van der Waals surface area contributed by atoms with Crippen LogP contribution in [0, 0.1) is 26.0 Å². The molecule has 371 valence electrons. The summed E-state index contributed by atoms with van der Waals surface area (Å²) in [6.07, 6.45) is -14.6. The van der Waals surface area contributed by atoms with Crippen LogP contribution in [0.4, 0.5) is 52.7 Å². The molecule has 0 saturated carbocycles. The zero-order valence-electron chi connectivity index (χ0n) is 37.4. The van der Waals surface area contributed by atoms with Crippen LogP contribution in [0.3, 0.4) is 0 Å². The van der Waals surface area contributed by atoms with Crippen molar-refractivity contribution in [1.29, 1.82) is 0 Å². The van der Waals surface area contributed by atoms with Gasteiger partial charge in [0, 0.05) is 32.5 Å². The first-order valence-corrected chi connectivity index (χ1v) is 24.2. The molecular formula is C54H40F12IrN2P2-2. The molecule has 0 aliphatic rings. The molecular weight excluding hydrogens is 1160 g/mol. The molecule has 0 saturated heterocycles. The number of halogens is 12. The average molecular weight is 1200 g/mol. The Balaban J connectivity index is 0.000000200. The summed E-state index contributed by atoms with van der Waals surface area (Å²) in [6.45, 7) is 3.31. The van der Waals surface area contributed by atoms with Crippen LogP contribution in [0.1, 0.15) is 33.4 Å². The minimum absolute atomic E-state index is 0. The number of hydrogen-bond acceptors (Lipinski definition) is 2. The van der Waals surface area contributed by atoms with Crippen LogP contribution in [0.5, 0.6) is 0 Å². The van der Waals surface area contributed by atoms with Gasteiger partial charge in [-0.15, -0.1) is 47.5 Å². The smallest absolute Gasteiger partial charge is 0.305 e. The van der Waals surface area contributed by atoms with Crippen molar-refractivity contribution < 1.29 is 72.8 Å². The van der Waals surface area contributed by atoms with E-state index in [0.29, 0.717) is 23.3 Å². The maximum absolute atomic E-state index is 12.7. The molecule has 0 N–H and O–H groups in total. The predicted octanol–water partition coefficient (Wildman–Crippen LogP) is 15.0. The molecule has 71 heavy (non-hydrogen) atoms. The van der Waals surface area contributed by atoms with Crippen LogP contribution in [-0.2, 0) is 44.8 Å². The van der Waals surface area contributed by atoms with Crippen molar-refractivity contribution in [2.75, 3.05) is 12.3 Å². The van der Waals surface area contributed by atoms with E-state index in [0.717, 1.165) is 0 Å². The van der Waals surface area contributed by atoms with Crippen molar-refractivity contribution in [2.45, 2.75) is 38.6 Å². The number of rotatable bonds is 9. The van der Waals surface area contributed by atoms with Crippen molar-refractivity contribution in [3.8, 4) is 22.5 Å². The van der Waals surface area contributed by atoms with Gasteiger partial charge in [0.25, 0.3) is 0 Å². The number of nitrogens with zero attached hydrogens (tertiary/aromatic N) is 2. The van der Waals surface area contributed by atoms with Crippen LogP contribution in [0.15, 0.2) is 182 Å². The second-order valence-corrected chi connectivity index (χ2v) is 20.1. The first-order valence-electron chi connectivity index (χ1n) is 21.1. The van der Waals surface area contributed by atoms with Crippen molar-refractivity contribution in [3.05, 3.63) is 228 Å². The van der Waals surface area contributed by atoms with Gasteiger partial charge in [0.05, 0.1) is 0 Å². The van der Waals surface area contributed by atoms with Gasteiger partial charge in [-0.05, 0) is 109 Å². The summed E-state index contributed by atoms with van der Waals surface area (Å²) in [5.41, 5.74) is -5.07. The Morgan fingerprint density at radius 2 is 0.662 bits per heavy atom. The Kier molecular flexibility index (Phi) is 19.5. The van der Waals surface area contributed by atoms with E-state index in [4.69, 9.17) is 0 Å². The molecule has 1 radical (unpaired) electrons. The molecule has 0 aliphatic carbocycles. The minimum Gasteiger partial charge on any atom is -0.305 e. The summed E-state index contributed by atoms with van der Waals surface area (Å²) in [5, 5.41) is 5.89. The molecule has 0 atom stereocenters. The second-order valence-electron chi connectivity index (χ2n) is 15.5. The molecule has 2 aromatic heterocycles. The van der Waals surface area contributed by atoms with Crippen LogP contribution >= 0.6 is 15.8 Å². The van der Waals surface area contributed by atoms with Crippen LogP contribution in [0.25, 0.3) is 22.5 Å². The molecule has 0 fully saturated rings. The fourth-order valence-electron chi connectivity index (χ4n) is 6.86. The molecule has 8 rings (SSSR count). The van der Waals surface area contributed by atoms with Gasteiger partial charge in [-0.2, -0.15) is 52.7 Å². The largest absolute Gasteiger partial charge is 0.399 e. The molecule has 6 aromatic carbocycles. The number of aryl methyl sites for hydroxylation is 2.